The summed E-state index contributed by atoms with van der Waals surface area (Å²) < 4.78 is 5.78. The molecular weight excluding hydrogens is 320 g/mol. The molecule has 0 saturated heterocycles. The van der Waals surface area contributed by atoms with Crippen LogP contribution in [-0.4, -0.2) is 5.97 Å². The summed E-state index contributed by atoms with van der Waals surface area (Å²) in [6, 6.07) is 0. The zero-order valence-corrected chi connectivity index (χ0v) is 17.7. The van der Waals surface area contributed by atoms with Gasteiger partial charge in [-0.1, -0.05) is 97.3 Å². The van der Waals surface area contributed by atoms with Crippen molar-refractivity contribution in [3.8, 4) is 0 Å². The van der Waals surface area contributed by atoms with E-state index in [2.05, 4.69) is 19.9 Å². The highest BCUT2D eigenvalue weighted by molar-refractivity contribution is 5.70. The second-order valence-electron chi connectivity index (χ2n) is 8.32. The lowest BCUT2D eigenvalue weighted by molar-refractivity contribution is -0.139. The molecule has 0 spiro atoms. The number of rotatable bonds is 7. The number of esters is 1. The molecule has 0 amide bonds. The average molecular weight is 365 g/mol. The summed E-state index contributed by atoms with van der Waals surface area (Å²) in [7, 11) is 0. The SMILES string of the molecule is CCCCCCCC(=O)O/C1=C/C(C)CCCCCCCCCCCC1. The third kappa shape index (κ3) is 13.4. The van der Waals surface area contributed by atoms with Gasteiger partial charge in [-0.3, -0.25) is 4.79 Å². The van der Waals surface area contributed by atoms with Crippen molar-refractivity contribution in [3.63, 3.8) is 0 Å². The fraction of sp³-hybridized carbons (Fsp3) is 0.875. The van der Waals surface area contributed by atoms with Crippen LogP contribution in [0.4, 0.5) is 0 Å². The van der Waals surface area contributed by atoms with Crippen molar-refractivity contribution in [2.24, 2.45) is 5.92 Å². The van der Waals surface area contributed by atoms with Crippen molar-refractivity contribution < 1.29 is 9.53 Å². The summed E-state index contributed by atoms with van der Waals surface area (Å²) in [6.07, 6.45) is 24.2. The molecule has 0 aromatic carbocycles. The van der Waals surface area contributed by atoms with Crippen LogP contribution < -0.4 is 0 Å². The molecule has 0 bridgehead atoms. The summed E-state index contributed by atoms with van der Waals surface area (Å²) in [5.41, 5.74) is 0. The first-order chi connectivity index (χ1) is 12.7. The Morgan fingerprint density at radius 1 is 0.885 bits per heavy atom. The van der Waals surface area contributed by atoms with Crippen LogP contribution in [0.1, 0.15) is 129 Å². The Kier molecular flexibility index (Phi) is 14.7. The van der Waals surface area contributed by atoms with Crippen molar-refractivity contribution in [2.45, 2.75) is 129 Å². The summed E-state index contributed by atoms with van der Waals surface area (Å²) in [6.45, 7) is 4.49. The van der Waals surface area contributed by atoms with E-state index in [0.29, 0.717) is 12.3 Å². The molecule has 1 rings (SSSR count). The van der Waals surface area contributed by atoms with Crippen LogP contribution in [0.2, 0.25) is 0 Å². The lowest BCUT2D eigenvalue weighted by Crippen LogP contribution is -2.06. The smallest absolute Gasteiger partial charge is 0.310 e. The fourth-order valence-corrected chi connectivity index (χ4v) is 3.82. The monoisotopic (exact) mass is 364 g/mol. The first-order valence-electron chi connectivity index (χ1n) is 11.6. The average Bonchev–Trinajstić information content (AvgIpc) is 2.62. The lowest BCUT2D eigenvalue weighted by atomic mass is 10.0. The second-order valence-corrected chi connectivity index (χ2v) is 8.32. The Labute approximate surface area is 163 Å². The summed E-state index contributed by atoms with van der Waals surface area (Å²) >= 11 is 0. The van der Waals surface area contributed by atoms with E-state index in [1.807, 2.05) is 0 Å². The van der Waals surface area contributed by atoms with Gasteiger partial charge in [0.25, 0.3) is 0 Å². The Bertz CT molecular complexity index is 372. The van der Waals surface area contributed by atoms with Crippen molar-refractivity contribution in [2.75, 3.05) is 0 Å². The fourth-order valence-electron chi connectivity index (χ4n) is 3.82. The van der Waals surface area contributed by atoms with E-state index in [0.717, 1.165) is 31.4 Å². The van der Waals surface area contributed by atoms with Crippen molar-refractivity contribution >= 4 is 5.97 Å². The number of carbonyl (C=O) groups is 1. The molecule has 0 radical (unpaired) electrons. The van der Waals surface area contributed by atoms with E-state index >= 15 is 0 Å². The van der Waals surface area contributed by atoms with E-state index in [4.69, 9.17) is 4.74 Å². The highest BCUT2D eigenvalue weighted by Crippen LogP contribution is 2.21. The van der Waals surface area contributed by atoms with Crippen molar-refractivity contribution in [3.05, 3.63) is 11.8 Å². The minimum Gasteiger partial charge on any atom is -0.431 e. The second kappa shape index (κ2) is 16.4. The van der Waals surface area contributed by atoms with E-state index in [1.54, 1.807) is 0 Å². The maximum Gasteiger partial charge on any atom is 0.310 e. The third-order valence-electron chi connectivity index (χ3n) is 5.53. The Hall–Kier alpha value is -0.790. The van der Waals surface area contributed by atoms with Gasteiger partial charge in [-0.05, 0) is 31.3 Å². The van der Waals surface area contributed by atoms with Crippen molar-refractivity contribution in [1.82, 2.24) is 0 Å². The van der Waals surface area contributed by atoms with E-state index in [1.165, 1.54) is 83.5 Å². The van der Waals surface area contributed by atoms with Crippen LogP contribution >= 0.6 is 0 Å². The number of ether oxygens (including phenoxy) is 1. The molecule has 0 heterocycles. The van der Waals surface area contributed by atoms with E-state index in [-0.39, 0.29) is 5.97 Å². The molecule has 1 aliphatic carbocycles. The molecule has 0 aromatic rings. The van der Waals surface area contributed by atoms with Gasteiger partial charge >= 0.3 is 5.97 Å². The standard InChI is InChI=1S/C24H44O2/c1-3-4-5-12-17-20-24(25)26-23-19-16-14-11-9-7-6-8-10-13-15-18-22(2)21-23/h21-22H,3-20H2,1-2H3/b23-21+. The third-order valence-corrected chi connectivity index (χ3v) is 5.53. The summed E-state index contributed by atoms with van der Waals surface area (Å²) in [5.74, 6) is 1.45. The Balaban J connectivity index is 2.43. The molecule has 1 atom stereocenters. The van der Waals surface area contributed by atoms with Gasteiger partial charge < -0.3 is 4.74 Å². The molecule has 0 saturated carbocycles. The highest BCUT2D eigenvalue weighted by atomic mass is 16.5. The predicted molar refractivity (Wildman–Crippen MR) is 112 cm³/mol. The maximum absolute atomic E-state index is 12.2. The van der Waals surface area contributed by atoms with Gasteiger partial charge in [0.1, 0.15) is 5.76 Å². The van der Waals surface area contributed by atoms with Gasteiger partial charge in [0.05, 0.1) is 0 Å². The highest BCUT2D eigenvalue weighted by Gasteiger charge is 2.10. The largest absolute Gasteiger partial charge is 0.431 e. The van der Waals surface area contributed by atoms with Gasteiger partial charge in [0.2, 0.25) is 0 Å². The molecule has 0 aromatic heterocycles. The minimum absolute atomic E-state index is 0.0159. The van der Waals surface area contributed by atoms with Crippen LogP contribution in [0.15, 0.2) is 11.8 Å². The predicted octanol–water partition coefficient (Wildman–Crippen LogP) is 8.10. The molecule has 0 N–H and O–H groups in total. The molecule has 0 aliphatic heterocycles. The zero-order chi connectivity index (χ0) is 18.9. The number of hydrogen-bond donors (Lipinski definition) is 0. The maximum atomic E-state index is 12.2. The van der Waals surface area contributed by atoms with Gasteiger partial charge in [0, 0.05) is 12.8 Å². The van der Waals surface area contributed by atoms with Gasteiger partial charge in [-0.25, -0.2) is 0 Å². The normalized spacial score (nSPS) is 23.3. The number of unbranched alkanes of at least 4 members (excludes halogenated alkanes) is 4. The van der Waals surface area contributed by atoms with Crippen LogP contribution in [-0.2, 0) is 9.53 Å². The first kappa shape index (κ1) is 23.2. The molecule has 1 unspecified atom stereocenters. The van der Waals surface area contributed by atoms with Crippen LogP contribution in [0.5, 0.6) is 0 Å². The molecule has 2 nitrogen and oxygen atoms in total. The van der Waals surface area contributed by atoms with Gasteiger partial charge in [-0.15, -0.1) is 0 Å². The zero-order valence-electron chi connectivity index (χ0n) is 17.7. The van der Waals surface area contributed by atoms with Gasteiger partial charge in [0.15, 0.2) is 0 Å². The number of hydrogen-bond acceptors (Lipinski definition) is 2. The molecule has 0 fully saturated rings. The summed E-state index contributed by atoms with van der Waals surface area (Å²) in [4.78, 5) is 12.2. The Morgan fingerprint density at radius 2 is 1.46 bits per heavy atom. The quantitative estimate of drug-likeness (QED) is 0.337. The van der Waals surface area contributed by atoms with E-state index < -0.39 is 0 Å². The van der Waals surface area contributed by atoms with Gasteiger partial charge in [-0.2, -0.15) is 0 Å². The molecular formula is C24H44O2. The summed E-state index contributed by atoms with van der Waals surface area (Å²) in [5, 5.41) is 0. The Morgan fingerprint density at radius 3 is 2.12 bits per heavy atom. The van der Waals surface area contributed by atoms with Crippen LogP contribution in [0.25, 0.3) is 0 Å². The first-order valence-corrected chi connectivity index (χ1v) is 11.6. The molecule has 2 heteroatoms. The molecule has 1 aliphatic rings. The van der Waals surface area contributed by atoms with Crippen LogP contribution in [0.3, 0.4) is 0 Å². The molecule has 26 heavy (non-hydrogen) atoms. The van der Waals surface area contributed by atoms with Crippen molar-refractivity contribution in [1.29, 1.82) is 0 Å². The van der Waals surface area contributed by atoms with Crippen LogP contribution in [0, 0.1) is 5.92 Å². The minimum atomic E-state index is -0.0159. The lowest BCUT2D eigenvalue weighted by Gasteiger charge is -2.12. The number of allylic oxidation sites excluding steroid dienone is 2. The molecule has 152 valence electrons. The topological polar surface area (TPSA) is 26.3 Å². The number of carbonyl (C=O) groups excluding carboxylic acids is 1. The van der Waals surface area contributed by atoms with E-state index in [9.17, 15) is 4.79 Å².